The number of carbonyl (C=O) groups excluding carboxylic acids is 1. The van der Waals surface area contributed by atoms with Crippen LogP contribution in [0.4, 0.5) is 0 Å². The molecule has 1 aromatic heterocycles. The van der Waals surface area contributed by atoms with E-state index in [9.17, 15) is 4.79 Å². The molecule has 0 saturated carbocycles. The highest BCUT2D eigenvalue weighted by Gasteiger charge is 2.28. The number of hydrogen-bond acceptors (Lipinski definition) is 3. The Morgan fingerprint density at radius 3 is 2.82 bits per heavy atom. The van der Waals surface area contributed by atoms with E-state index in [4.69, 9.17) is 28.9 Å². The second kappa shape index (κ2) is 5.14. The zero-order valence-corrected chi connectivity index (χ0v) is 11.8. The topological polar surface area (TPSA) is 46.3 Å². The second-order valence-corrected chi connectivity index (χ2v) is 6.70. The van der Waals surface area contributed by atoms with Gasteiger partial charge in [0.1, 0.15) is 4.34 Å². The van der Waals surface area contributed by atoms with Gasteiger partial charge in [-0.1, -0.05) is 30.1 Å². The third kappa shape index (κ3) is 2.76. The molecule has 2 unspecified atom stereocenters. The average Bonchev–Trinajstić information content (AvgIpc) is 2.61. The van der Waals surface area contributed by atoms with Crippen molar-refractivity contribution >= 4 is 40.4 Å². The van der Waals surface area contributed by atoms with Gasteiger partial charge in [-0.2, -0.15) is 0 Å². The summed E-state index contributed by atoms with van der Waals surface area (Å²) in [6.07, 6.45) is 0.933. The van der Waals surface area contributed by atoms with Crippen LogP contribution in [0.1, 0.15) is 23.7 Å². The summed E-state index contributed by atoms with van der Waals surface area (Å²) in [5, 5.41) is 0. The van der Waals surface area contributed by atoms with E-state index in [1.165, 1.54) is 11.3 Å². The molecule has 1 fully saturated rings. The number of amides is 1. The summed E-state index contributed by atoms with van der Waals surface area (Å²) in [5.41, 5.74) is 6.47. The SMILES string of the molecule is CC1CCN(C(=O)c2cc(Cl)sc2Cl)CC1N. The van der Waals surface area contributed by atoms with E-state index >= 15 is 0 Å². The Labute approximate surface area is 114 Å². The average molecular weight is 293 g/mol. The lowest BCUT2D eigenvalue weighted by Gasteiger charge is -2.35. The highest BCUT2D eigenvalue weighted by atomic mass is 35.5. The summed E-state index contributed by atoms with van der Waals surface area (Å²) in [6, 6.07) is 1.67. The molecule has 1 aliphatic heterocycles. The lowest BCUT2D eigenvalue weighted by atomic mass is 9.94. The molecule has 1 saturated heterocycles. The maximum absolute atomic E-state index is 12.2. The molecule has 2 heterocycles. The van der Waals surface area contributed by atoms with Crippen molar-refractivity contribution in [1.29, 1.82) is 0 Å². The first-order chi connectivity index (χ1) is 7.99. The zero-order valence-electron chi connectivity index (χ0n) is 9.45. The fourth-order valence-electron chi connectivity index (χ4n) is 1.94. The van der Waals surface area contributed by atoms with Gasteiger partial charge in [-0.3, -0.25) is 4.79 Å². The molecule has 0 bridgehead atoms. The van der Waals surface area contributed by atoms with E-state index in [0.717, 1.165) is 13.0 Å². The van der Waals surface area contributed by atoms with Gasteiger partial charge in [-0.05, 0) is 18.4 Å². The number of halogens is 2. The normalized spacial score (nSPS) is 25.1. The molecule has 2 atom stereocenters. The number of rotatable bonds is 1. The smallest absolute Gasteiger partial charge is 0.256 e. The molecular weight excluding hydrogens is 279 g/mol. The Morgan fingerprint density at radius 2 is 2.29 bits per heavy atom. The first kappa shape index (κ1) is 13.1. The van der Waals surface area contributed by atoms with Crippen molar-refractivity contribution in [3.8, 4) is 0 Å². The fraction of sp³-hybridized carbons (Fsp3) is 0.545. The van der Waals surface area contributed by atoms with E-state index in [2.05, 4.69) is 6.92 Å². The van der Waals surface area contributed by atoms with Gasteiger partial charge in [0.15, 0.2) is 0 Å². The van der Waals surface area contributed by atoms with Crippen LogP contribution < -0.4 is 5.73 Å². The summed E-state index contributed by atoms with van der Waals surface area (Å²) >= 11 is 13.0. The fourth-order valence-corrected chi connectivity index (χ4v) is 3.39. The van der Waals surface area contributed by atoms with Crippen molar-refractivity contribution in [1.82, 2.24) is 4.90 Å². The molecule has 2 rings (SSSR count). The van der Waals surface area contributed by atoms with E-state index < -0.39 is 0 Å². The molecule has 2 N–H and O–H groups in total. The molecule has 94 valence electrons. The standard InChI is InChI=1S/C11H14Cl2N2OS/c1-6-2-3-15(5-8(6)14)11(16)7-4-9(12)17-10(7)13/h4,6,8H,2-3,5,14H2,1H3. The number of nitrogens with zero attached hydrogens (tertiary/aromatic N) is 1. The highest BCUT2D eigenvalue weighted by Crippen LogP contribution is 2.32. The summed E-state index contributed by atoms with van der Waals surface area (Å²) in [7, 11) is 0. The van der Waals surface area contributed by atoms with Gasteiger partial charge in [0, 0.05) is 19.1 Å². The van der Waals surface area contributed by atoms with Crippen molar-refractivity contribution in [3.05, 3.63) is 20.3 Å². The van der Waals surface area contributed by atoms with Crippen molar-refractivity contribution in [2.24, 2.45) is 11.7 Å². The third-order valence-corrected chi connectivity index (χ3v) is 4.68. The van der Waals surface area contributed by atoms with E-state index in [1.54, 1.807) is 11.0 Å². The van der Waals surface area contributed by atoms with Crippen molar-refractivity contribution < 1.29 is 4.79 Å². The molecule has 3 nitrogen and oxygen atoms in total. The molecule has 0 radical (unpaired) electrons. The van der Waals surface area contributed by atoms with Gasteiger partial charge < -0.3 is 10.6 Å². The minimum atomic E-state index is -0.0690. The first-order valence-corrected chi connectivity index (χ1v) is 7.06. The van der Waals surface area contributed by atoms with Gasteiger partial charge in [-0.25, -0.2) is 0 Å². The van der Waals surface area contributed by atoms with Gasteiger partial charge in [0.2, 0.25) is 0 Å². The van der Waals surface area contributed by atoms with Crippen LogP contribution in [-0.2, 0) is 0 Å². The van der Waals surface area contributed by atoms with Crippen molar-refractivity contribution in [2.45, 2.75) is 19.4 Å². The molecule has 6 heteroatoms. The monoisotopic (exact) mass is 292 g/mol. The van der Waals surface area contributed by atoms with Crippen molar-refractivity contribution in [3.63, 3.8) is 0 Å². The van der Waals surface area contributed by atoms with Crippen LogP contribution in [0.2, 0.25) is 8.67 Å². The lowest BCUT2D eigenvalue weighted by molar-refractivity contribution is 0.0673. The van der Waals surface area contributed by atoms with Crippen LogP contribution in [0, 0.1) is 5.92 Å². The lowest BCUT2D eigenvalue weighted by Crippen LogP contribution is -2.49. The quantitative estimate of drug-likeness (QED) is 0.865. The van der Waals surface area contributed by atoms with Gasteiger partial charge >= 0.3 is 0 Å². The van der Waals surface area contributed by atoms with Gasteiger partial charge in [0.05, 0.1) is 9.90 Å². The van der Waals surface area contributed by atoms with Crippen LogP contribution in [0.15, 0.2) is 6.07 Å². The maximum atomic E-state index is 12.2. The largest absolute Gasteiger partial charge is 0.337 e. The minimum absolute atomic E-state index is 0.0422. The Hall–Kier alpha value is -0.290. The van der Waals surface area contributed by atoms with Gasteiger partial charge in [-0.15, -0.1) is 11.3 Å². The first-order valence-electron chi connectivity index (χ1n) is 5.48. The zero-order chi connectivity index (χ0) is 12.6. The molecule has 0 aromatic carbocycles. The molecule has 17 heavy (non-hydrogen) atoms. The highest BCUT2D eigenvalue weighted by molar-refractivity contribution is 7.20. The molecule has 1 aliphatic rings. The van der Waals surface area contributed by atoms with Crippen LogP contribution in [0.25, 0.3) is 0 Å². The molecule has 1 amide bonds. The van der Waals surface area contributed by atoms with Crippen LogP contribution in [-0.4, -0.2) is 29.9 Å². The molecule has 1 aromatic rings. The summed E-state index contributed by atoms with van der Waals surface area (Å²) < 4.78 is 0.986. The number of likely N-dealkylation sites (tertiary alicyclic amines) is 1. The molecular formula is C11H14Cl2N2OS. The van der Waals surface area contributed by atoms with E-state index in [-0.39, 0.29) is 11.9 Å². The van der Waals surface area contributed by atoms with Crippen LogP contribution >= 0.6 is 34.5 Å². The van der Waals surface area contributed by atoms with Crippen molar-refractivity contribution in [2.75, 3.05) is 13.1 Å². The van der Waals surface area contributed by atoms with E-state index in [1.807, 2.05) is 0 Å². The van der Waals surface area contributed by atoms with E-state index in [0.29, 0.717) is 26.7 Å². The maximum Gasteiger partial charge on any atom is 0.256 e. The Kier molecular flexibility index (Phi) is 3.98. The Bertz CT molecular complexity index is 435. The number of nitrogens with two attached hydrogens (primary N) is 1. The number of carbonyl (C=O) groups is 1. The second-order valence-electron chi connectivity index (χ2n) is 4.42. The third-order valence-electron chi connectivity index (χ3n) is 3.19. The Morgan fingerprint density at radius 1 is 1.59 bits per heavy atom. The summed E-state index contributed by atoms with van der Waals surface area (Å²) in [4.78, 5) is 14.0. The Balaban J connectivity index is 2.13. The molecule has 0 spiro atoms. The summed E-state index contributed by atoms with van der Waals surface area (Å²) in [6.45, 7) is 3.43. The number of hydrogen-bond donors (Lipinski definition) is 1. The number of thiophene rings is 1. The predicted octanol–water partition coefficient (Wildman–Crippen LogP) is 2.86. The predicted molar refractivity (Wildman–Crippen MR) is 72.0 cm³/mol. The number of piperidine rings is 1. The van der Waals surface area contributed by atoms with Crippen LogP contribution in [0.5, 0.6) is 0 Å². The minimum Gasteiger partial charge on any atom is -0.337 e. The van der Waals surface area contributed by atoms with Crippen LogP contribution in [0.3, 0.4) is 0 Å². The summed E-state index contributed by atoms with van der Waals surface area (Å²) in [5.74, 6) is 0.390. The molecule has 0 aliphatic carbocycles. The van der Waals surface area contributed by atoms with Gasteiger partial charge in [0.25, 0.3) is 5.91 Å².